The molecule has 1 fully saturated rings. The van der Waals surface area contributed by atoms with Gasteiger partial charge in [-0.25, -0.2) is 4.39 Å². The monoisotopic (exact) mass is 399 g/mol. The summed E-state index contributed by atoms with van der Waals surface area (Å²) >= 11 is 7.35. The predicted octanol–water partition coefficient (Wildman–Crippen LogP) is 4.70. The Labute approximate surface area is 165 Å². The number of amides is 1. The second-order valence-electron chi connectivity index (χ2n) is 6.37. The second-order valence-corrected chi connectivity index (χ2v) is 7.74. The highest BCUT2D eigenvalue weighted by Crippen LogP contribution is 2.43. The average Bonchev–Trinajstić information content (AvgIpc) is 2.69. The largest absolute Gasteiger partial charge is 0.341 e. The minimum Gasteiger partial charge on any atom is -0.341 e. The molecule has 4 nitrogen and oxygen atoms in total. The molecule has 4 rings (SSSR count). The van der Waals surface area contributed by atoms with Crippen LogP contribution in [0.5, 0.6) is 0 Å². The molecule has 27 heavy (non-hydrogen) atoms. The van der Waals surface area contributed by atoms with E-state index >= 15 is 0 Å². The van der Waals surface area contributed by atoms with Crippen LogP contribution in [-0.2, 0) is 4.79 Å². The minimum atomic E-state index is -0.325. The van der Waals surface area contributed by atoms with Crippen molar-refractivity contribution in [2.45, 2.75) is 12.3 Å². The Morgan fingerprint density at radius 3 is 2.63 bits per heavy atom. The van der Waals surface area contributed by atoms with Gasteiger partial charge < -0.3 is 4.90 Å². The Bertz CT molecular complexity index is 970. The predicted molar refractivity (Wildman–Crippen MR) is 104 cm³/mol. The first-order valence-electron chi connectivity index (χ1n) is 8.41. The van der Waals surface area contributed by atoms with Gasteiger partial charge in [0.2, 0.25) is 5.91 Å². The summed E-state index contributed by atoms with van der Waals surface area (Å²) in [5.74, 6) is -0.205. The van der Waals surface area contributed by atoms with Crippen LogP contribution in [0.2, 0.25) is 5.02 Å². The fourth-order valence-corrected chi connectivity index (χ4v) is 4.69. The van der Waals surface area contributed by atoms with Gasteiger partial charge in [0.05, 0.1) is 34.9 Å². The van der Waals surface area contributed by atoms with Crippen LogP contribution in [0.3, 0.4) is 0 Å². The molecule has 0 radical (unpaired) electrons. The van der Waals surface area contributed by atoms with Gasteiger partial charge in [-0.1, -0.05) is 47.6 Å². The summed E-state index contributed by atoms with van der Waals surface area (Å²) in [6.45, 7) is 0.237. The SMILES string of the molecule is N#CC1=C2SCN(c3ccccc3F)CN2C(=O)C[C@@H]1c1ccc(Cl)cc1. The molecule has 0 aliphatic carbocycles. The second kappa shape index (κ2) is 7.26. The summed E-state index contributed by atoms with van der Waals surface area (Å²) in [4.78, 5) is 16.2. The lowest BCUT2D eigenvalue weighted by atomic mass is 9.86. The molecule has 1 saturated heterocycles. The van der Waals surface area contributed by atoms with Crippen molar-refractivity contribution in [3.05, 3.63) is 75.5 Å². The van der Waals surface area contributed by atoms with E-state index in [0.717, 1.165) is 5.56 Å². The van der Waals surface area contributed by atoms with E-state index in [9.17, 15) is 14.4 Å². The molecule has 0 spiro atoms. The van der Waals surface area contributed by atoms with E-state index in [-0.39, 0.29) is 30.7 Å². The minimum absolute atomic E-state index is 0.0718. The van der Waals surface area contributed by atoms with Crippen molar-refractivity contribution in [2.75, 3.05) is 17.4 Å². The Kier molecular flexibility index (Phi) is 4.81. The molecule has 0 bridgehead atoms. The van der Waals surface area contributed by atoms with E-state index in [1.165, 1.54) is 17.8 Å². The zero-order chi connectivity index (χ0) is 19.0. The average molecular weight is 400 g/mol. The molecule has 2 aliphatic rings. The van der Waals surface area contributed by atoms with Crippen molar-refractivity contribution >= 4 is 35.0 Å². The molecular formula is C20H15ClFN3OS. The topological polar surface area (TPSA) is 47.3 Å². The van der Waals surface area contributed by atoms with Crippen LogP contribution < -0.4 is 4.90 Å². The third-order valence-corrected chi connectivity index (χ3v) is 6.17. The number of para-hydroxylation sites is 1. The van der Waals surface area contributed by atoms with E-state index in [0.29, 0.717) is 27.2 Å². The number of allylic oxidation sites excluding steroid dienone is 1. The molecule has 1 atom stereocenters. The number of carbonyl (C=O) groups is 1. The Morgan fingerprint density at radius 1 is 1.19 bits per heavy atom. The summed E-state index contributed by atoms with van der Waals surface area (Å²) < 4.78 is 14.1. The van der Waals surface area contributed by atoms with Gasteiger partial charge in [-0.05, 0) is 29.8 Å². The van der Waals surface area contributed by atoms with E-state index < -0.39 is 0 Å². The Morgan fingerprint density at radius 2 is 1.93 bits per heavy atom. The molecule has 136 valence electrons. The van der Waals surface area contributed by atoms with Gasteiger partial charge in [-0.15, -0.1) is 0 Å². The molecule has 2 aromatic carbocycles. The van der Waals surface area contributed by atoms with Crippen LogP contribution in [-0.4, -0.2) is 23.4 Å². The molecule has 2 aliphatic heterocycles. The van der Waals surface area contributed by atoms with Gasteiger partial charge in [0, 0.05) is 17.4 Å². The summed E-state index contributed by atoms with van der Waals surface area (Å²) in [5, 5.41) is 11.1. The standard InChI is InChI=1S/C20H15ClFN3OS/c21-14-7-5-13(6-8-14)15-9-19(26)25-11-24(12-27-20(25)16(15)10-23)18-4-2-1-3-17(18)22/h1-8,15H,9,11-12H2/t15-/m1/s1. The maximum atomic E-state index is 14.1. The Balaban J connectivity index is 1.68. The van der Waals surface area contributed by atoms with Gasteiger partial charge in [0.25, 0.3) is 0 Å². The lowest BCUT2D eigenvalue weighted by molar-refractivity contribution is -0.129. The smallest absolute Gasteiger partial charge is 0.229 e. The van der Waals surface area contributed by atoms with Crippen molar-refractivity contribution in [3.63, 3.8) is 0 Å². The number of halogens is 2. The number of benzene rings is 2. The highest BCUT2D eigenvalue weighted by Gasteiger charge is 2.38. The van der Waals surface area contributed by atoms with Gasteiger partial charge >= 0.3 is 0 Å². The number of rotatable bonds is 2. The van der Waals surface area contributed by atoms with Crippen molar-refractivity contribution in [1.29, 1.82) is 5.26 Å². The van der Waals surface area contributed by atoms with Crippen LogP contribution in [0.1, 0.15) is 17.9 Å². The highest BCUT2D eigenvalue weighted by atomic mass is 35.5. The number of hydrogen-bond donors (Lipinski definition) is 0. The summed E-state index contributed by atoms with van der Waals surface area (Å²) in [6, 6.07) is 16.0. The molecule has 0 saturated carbocycles. The van der Waals surface area contributed by atoms with E-state index in [2.05, 4.69) is 6.07 Å². The normalized spacial score (nSPS) is 19.7. The molecular weight excluding hydrogens is 385 g/mol. The molecule has 0 N–H and O–H groups in total. The zero-order valence-electron chi connectivity index (χ0n) is 14.2. The van der Waals surface area contributed by atoms with Gasteiger partial charge in [-0.3, -0.25) is 9.69 Å². The molecule has 7 heteroatoms. The number of nitriles is 1. The van der Waals surface area contributed by atoms with Crippen molar-refractivity contribution in [3.8, 4) is 6.07 Å². The third-order valence-electron chi connectivity index (χ3n) is 4.76. The molecule has 2 heterocycles. The van der Waals surface area contributed by atoms with Crippen molar-refractivity contribution in [1.82, 2.24) is 4.90 Å². The summed E-state index contributed by atoms with van der Waals surface area (Å²) in [5.41, 5.74) is 1.93. The van der Waals surface area contributed by atoms with E-state index in [1.807, 2.05) is 12.1 Å². The van der Waals surface area contributed by atoms with Crippen molar-refractivity contribution < 1.29 is 9.18 Å². The maximum Gasteiger partial charge on any atom is 0.229 e. The van der Waals surface area contributed by atoms with Crippen LogP contribution in [0.4, 0.5) is 10.1 Å². The van der Waals surface area contributed by atoms with Crippen LogP contribution >= 0.6 is 23.4 Å². The summed E-state index contributed by atoms with van der Waals surface area (Å²) in [6.07, 6.45) is 0.208. The lowest BCUT2D eigenvalue weighted by Crippen LogP contribution is -2.47. The number of carbonyl (C=O) groups excluding carboxylic acids is 1. The first-order valence-corrected chi connectivity index (χ1v) is 9.77. The first-order chi connectivity index (χ1) is 13.1. The highest BCUT2D eigenvalue weighted by molar-refractivity contribution is 8.03. The number of thioether (sulfide) groups is 1. The van der Waals surface area contributed by atoms with Crippen molar-refractivity contribution in [2.24, 2.45) is 0 Å². The van der Waals surface area contributed by atoms with Crippen LogP contribution in [0.25, 0.3) is 0 Å². The van der Waals surface area contributed by atoms with Crippen LogP contribution in [0.15, 0.2) is 59.1 Å². The van der Waals surface area contributed by atoms with E-state index in [1.54, 1.807) is 40.1 Å². The number of anilines is 1. The van der Waals surface area contributed by atoms with Crippen LogP contribution in [0, 0.1) is 17.1 Å². The Hall–Kier alpha value is -2.49. The third kappa shape index (κ3) is 3.29. The number of hydrogen-bond acceptors (Lipinski definition) is 4. The van der Waals surface area contributed by atoms with E-state index in [4.69, 9.17) is 11.6 Å². The first kappa shape index (κ1) is 17.9. The quantitative estimate of drug-likeness (QED) is 0.734. The number of nitrogens with zero attached hydrogens (tertiary/aromatic N) is 3. The lowest BCUT2D eigenvalue weighted by Gasteiger charge is -2.42. The van der Waals surface area contributed by atoms with Gasteiger partial charge in [0.15, 0.2) is 0 Å². The molecule has 1 amide bonds. The summed E-state index contributed by atoms with van der Waals surface area (Å²) in [7, 11) is 0. The zero-order valence-corrected chi connectivity index (χ0v) is 15.8. The van der Waals surface area contributed by atoms with Gasteiger partial charge in [0.1, 0.15) is 5.82 Å². The van der Waals surface area contributed by atoms with Gasteiger partial charge in [-0.2, -0.15) is 5.26 Å². The fourth-order valence-electron chi connectivity index (χ4n) is 3.40. The number of fused-ring (bicyclic) bond motifs is 1. The molecule has 0 aromatic heterocycles. The molecule has 2 aromatic rings. The maximum absolute atomic E-state index is 14.1. The fraction of sp³-hybridized carbons (Fsp3) is 0.200. The molecule has 0 unspecified atom stereocenters.